The summed E-state index contributed by atoms with van der Waals surface area (Å²) in [5, 5.41) is 3.61. The largest absolute Gasteiger partial charge is 0.467 e. The lowest BCUT2D eigenvalue weighted by molar-refractivity contribution is 0.377. The molecule has 1 aromatic heterocycles. The highest BCUT2D eigenvalue weighted by Crippen LogP contribution is 2.34. The molecule has 98 valence electrons. The lowest BCUT2D eigenvalue weighted by atomic mass is 9.95. The smallest absolute Gasteiger partial charge is 0.322 e. The molecule has 0 saturated carbocycles. The van der Waals surface area contributed by atoms with Gasteiger partial charge >= 0.3 is 6.01 Å². The molecule has 0 aromatic carbocycles. The zero-order valence-corrected chi connectivity index (χ0v) is 11.2. The van der Waals surface area contributed by atoms with E-state index in [1.54, 1.807) is 0 Å². The molecule has 3 unspecified atom stereocenters. The van der Waals surface area contributed by atoms with E-state index in [-0.39, 0.29) is 11.3 Å². The monoisotopic (exact) mass is 269 g/mol. The molecule has 2 saturated heterocycles. The van der Waals surface area contributed by atoms with E-state index in [4.69, 9.17) is 16.3 Å². The Morgan fingerprint density at radius 1 is 1.33 bits per heavy atom. The number of rotatable bonds is 2. The summed E-state index contributed by atoms with van der Waals surface area (Å²) in [4.78, 5) is 14.6. The molecular formula is C11H16ClN5O. The molecule has 3 rings (SSSR count). The van der Waals surface area contributed by atoms with Crippen LogP contribution >= 0.6 is 11.6 Å². The summed E-state index contributed by atoms with van der Waals surface area (Å²) in [6.45, 7) is 5.31. The van der Waals surface area contributed by atoms with Gasteiger partial charge in [-0.05, 0) is 30.4 Å². The first kappa shape index (κ1) is 11.9. The summed E-state index contributed by atoms with van der Waals surface area (Å²) in [6.07, 6.45) is 0. The first-order valence-corrected chi connectivity index (χ1v) is 6.49. The highest BCUT2D eigenvalue weighted by atomic mass is 35.5. The van der Waals surface area contributed by atoms with Gasteiger partial charge < -0.3 is 15.0 Å². The second kappa shape index (κ2) is 4.51. The summed E-state index contributed by atoms with van der Waals surface area (Å²) < 4.78 is 5.04. The molecular weight excluding hydrogens is 254 g/mol. The fourth-order valence-corrected chi connectivity index (χ4v) is 3.12. The minimum Gasteiger partial charge on any atom is -0.467 e. The molecule has 1 N–H and O–H groups in total. The number of anilines is 1. The predicted octanol–water partition coefficient (Wildman–Crippen LogP) is 0.578. The Morgan fingerprint density at radius 2 is 2.17 bits per heavy atom. The van der Waals surface area contributed by atoms with E-state index in [0.717, 1.165) is 19.6 Å². The van der Waals surface area contributed by atoms with Gasteiger partial charge in [0, 0.05) is 25.7 Å². The predicted molar refractivity (Wildman–Crippen MR) is 68.0 cm³/mol. The molecule has 7 heteroatoms. The van der Waals surface area contributed by atoms with Crippen LogP contribution < -0.4 is 15.0 Å². The van der Waals surface area contributed by atoms with Gasteiger partial charge in [-0.2, -0.15) is 15.0 Å². The highest BCUT2D eigenvalue weighted by molar-refractivity contribution is 6.28. The standard InChI is InChI=1S/C11H16ClN5O/c1-6-8-4-13-3-7(8)5-17(6)10-14-9(12)15-11(16-10)18-2/h6-8,13H,3-5H2,1-2H3. The Balaban J connectivity index is 1.89. The number of nitrogens with one attached hydrogen (secondary N) is 1. The number of halogens is 1. The fourth-order valence-electron chi connectivity index (χ4n) is 2.97. The Labute approximate surface area is 111 Å². The topological polar surface area (TPSA) is 63.2 Å². The van der Waals surface area contributed by atoms with Gasteiger partial charge in [0.1, 0.15) is 0 Å². The van der Waals surface area contributed by atoms with Crippen LogP contribution in [-0.2, 0) is 0 Å². The average molecular weight is 270 g/mol. The van der Waals surface area contributed by atoms with Crippen LogP contribution in [0.2, 0.25) is 5.28 Å². The van der Waals surface area contributed by atoms with Crippen molar-refractivity contribution in [1.29, 1.82) is 0 Å². The third kappa shape index (κ3) is 1.89. The second-order valence-corrected chi connectivity index (χ2v) is 5.20. The van der Waals surface area contributed by atoms with Crippen LogP contribution in [0.5, 0.6) is 6.01 Å². The third-order valence-electron chi connectivity index (χ3n) is 3.95. The quantitative estimate of drug-likeness (QED) is 0.847. The maximum atomic E-state index is 5.89. The number of ether oxygens (including phenoxy) is 1. The van der Waals surface area contributed by atoms with E-state index in [1.165, 1.54) is 7.11 Å². The van der Waals surface area contributed by atoms with Gasteiger partial charge in [-0.3, -0.25) is 0 Å². The molecule has 0 bridgehead atoms. The molecule has 0 aliphatic carbocycles. The Morgan fingerprint density at radius 3 is 2.89 bits per heavy atom. The van der Waals surface area contributed by atoms with Gasteiger partial charge in [0.05, 0.1) is 7.11 Å². The van der Waals surface area contributed by atoms with Gasteiger partial charge in [-0.25, -0.2) is 0 Å². The number of nitrogens with zero attached hydrogens (tertiary/aromatic N) is 4. The normalized spacial score (nSPS) is 30.6. The average Bonchev–Trinajstić information content (AvgIpc) is 2.92. The van der Waals surface area contributed by atoms with Gasteiger partial charge in [-0.15, -0.1) is 0 Å². The van der Waals surface area contributed by atoms with Gasteiger partial charge in [0.25, 0.3) is 0 Å². The van der Waals surface area contributed by atoms with Crippen molar-refractivity contribution in [2.45, 2.75) is 13.0 Å². The van der Waals surface area contributed by atoms with E-state index in [1.807, 2.05) is 0 Å². The molecule has 0 radical (unpaired) electrons. The molecule has 2 aliphatic rings. The second-order valence-electron chi connectivity index (χ2n) is 4.87. The van der Waals surface area contributed by atoms with E-state index in [0.29, 0.717) is 23.8 Å². The summed E-state index contributed by atoms with van der Waals surface area (Å²) >= 11 is 5.89. The van der Waals surface area contributed by atoms with E-state index >= 15 is 0 Å². The van der Waals surface area contributed by atoms with Gasteiger partial charge in [0.2, 0.25) is 11.2 Å². The van der Waals surface area contributed by atoms with Crippen LogP contribution in [0.15, 0.2) is 0 Å². The van der Waals surface area contributed by atoms with Crippen LogP contribution in [0, 0.1) is 11.8 Å². The molecule has 18 heavy (non-hydrogen) atoms. The van der Waals surface area contributed by atoms with Crippen LogP contribution in [0.25, 0.3) is 0 Å². The molecule has 6 nitrogen and oxygen atoms in total. The summed E-state index contributed by atoms with van der Waals surface area (Å²) in [6, 6.07) is 0.681. The van der Waals surface area contributed by atoms with E-state index in [2.05, 4.69) is 32.1 Å². The number of fused-ring (bicyclic) bond motifs is 1. The SMILES string of the molecule is COc1nc(Cl)nc(N2CC3CNCC3C2C)n1. The van der Waals surface area contributed by atoms with Crippen molar-refractivity contribution in [2.24, 2.45) is 11.8 Å². The summed E-state index contributed by atoms with van der Waals surface area (Å²) in [5.41, 5.74) is 0. The van der Waals surface area contributed by atoms with Crippen molar-refractivity contribution in [2.75, 3.05) is 31.6 Å². The first-order chi connectivity index (χ1) is 8.69. The number of hydrogen-bond acceptors (Lipinski definition) is 6. The number of hydrogen-bond donors (Lipinski definition) is 1. The zero-order chi connectivity index (χ0) is 12.7. The molecule has 1 aromatic rings. The molecule has 3 atom stereocenters. The lowest BCUT2D eigenvalue weighted by Gasteiger charge is -2.24. The van der Waals surface area contributed by atoms with Crippen LogP contribution in [0.4, 0.5) is 5.95 Å². The minimum atomic E-state index is 0.180. The first-order valence-electron chi connectivity index (χ1n) is 6.12. The van der Waals surface area contributed by atoms with Crippen molar-refractivity contribution >= 4 is 17.5 Å². The minimum absolute atomic E-state index is 0.180. The van der Waals surface area contributed by atoms with E-state index in [9.17, 15) is 0 Å². The molecule has 0 amide bonds. The highest BCUT2D eigenvalue weighted by Gasteiger charge is 2.42. The van der Waals surface area contributed by atoms with Crippen LogP contribution in [0.3, 0.4) is 0 Å². The molecule has 2 aliphatic heterocycles. The molecule has 0 spiro atoms. The summed E-state index contributed by atoms with van der Waals surface area (Å²) in [5.74, 6) is 1.95. The van der Waals surface area contributed by atoms with Crippen molar-refractivity contribution < 1.29 is 4.74 Å². The maximum Gasteiger partial charge on any atom is 0.322 e. The van der Waals surface area contributed by atoms with Crippen molar-refractivity contribution in [3.05, 3.63) is 5.28 Å². The maximum absolute atomic E-state index is 5.89. The van der Waals surface area contributed by atoms with Crippen LogP contribution in [-0.4, -0.2) is 47.7 Å². The zero-order valence-electron chi connectivity index (χ0n) is 10.4. The van der Waals surface area contributed by atoms with Crippen molar-refractivity contribution in [3.63, 3.8) is 0 Å². The Kier molecular flexibility index (Phi) is 2.99. The van der Waals surface area contributed by atoms with Gasteiger partial charge in [-0.1, -0.05) is 0 Å². The summed E-state index contributed by atoms with van der Waals surface area (Å²) in [7, 11) is 1.53. The lowest BCUT2D eigenvalue weighted by Crippen LogP contribution is -2.34. The third-order valence-corrected chi connectivity index (χ3v) is 4.12. The van der Waals surface area contributed by atoms with Crippen molar-refractivity contribution in [1.82, 2.24) is 20.3 Å². The Hall–Kier alpha value is -1.14. The van der Waals surface area contributed by atoms with E-state index < -0.39 is 0 Å². The molecule has 2 fully saturated rings. The Bertz CT molecular complexity index is 457. The number of aromatic nitrogens is 3. The van der Waals surface area contributed by atoms with Gasteiger partial charge in [0.15, 0.2) is 0 Å². The fraction of sp³-hybridized carbons (Fsp3) is 0.727. The molecule has 3 heterocycles. The number of methoxy groups -OCH3 is 1. The van der Waals surface area contributed by atoms with Crippen molar-refractivity contribution in [3.8, 4) is 6.01 Å². The van der Waals surface area contributed by atoms with Crippen LogP contribution in [0.1, 0.15) is 6.92 Å².